The van der Waals surface area contributed by atoms with Crippen molar-refractivity contribution in [2.75, 3.05) is 6.61 Å². The maximum absolute atomic E-state index is 5.92. The fourth-order valence-electron chi connectivity index (χ4n) is 1.67. The van der Waals surface area contributed by atoms with Crippen molar-refractivity contribution in [2.24, 2.45) is 0 Å². The predicted octanol–water partition coefficient (Wildman–Crippen LogP) is 1.17. The van der Waals surface area contributed by atoms with Crippen LogP contribution in [0.25, 0.3) is 0 Å². The third-order valence-electron chi connectivity index (χ3n) is 3.45. The second-order valence-corrected chi connectivity index (χ2v) is 5.30. The zero-order chi connectivity index (χ0) is 13.4. The molecule has 1 aromatic heterocycles. The van der Waals surface area contributed by atoms with Crippen molar-refractivity contribution in [3.63, 3.8) is 0 Å². The molecule has 0 bridgehead atoms. The van der Waals surface area contributed by atoms with Gasteiger partial charge in [-0.3, -0.25) is 0 Å². The summed E-state index contributed by atoms with van der Waals surface area (Å²) in [6.45, 7) is 10.5. The van der Waals surface area contributed by atoms with Crippen molar-refractivity contribution in [3.05, 3.63) is 12.4 Å². The molecule has 0 unspecified atom stereocenters. The van der Waals surface area contributed by atoms with Crippen LogP contribution in [0.3, 0.4) is 0 Å². The van der Waals surface area contributed by atoms with Gasteiger partial charge in [0.25, 0.3) is 0 Å². The van der Waals surface area contributed by atoms with Gasteiger partial charge in [-0.2, -0.15) is 0 Å². The van der Waals surface area contributed by atoms with Gasteiger partial charge in [0.2, 0.25) is 5.88 Å². The first-order chi connectivity index (χ1) is 8.36. The largest absolute Gasteiger partial charge is 0.514 e. The van der Waals surface area contributed by atoms with Gasteiger partial charge in [0.15, 0.2) is 0 Å². The molecule has 0 N–H and O–H groups in total. The van der Waals surface area contributed by atoms with Crippen molar-refractivity contribution >= 4 is 12.7 Å². The lowest BCUT2D eigenvalue weighted by Gasteiger charge is -2.32. The van der Waals surface area contributed by atoms with E-state index in [-0.39, 0.29) is 11.2 Å². The average Bonchev–Trinajstić information content (AvgIpc) is 2.49. The van der Waals surface area contributed by atoms with Crippen molar-refractivity contribution in [2.45, 2.75) is 45.8 Å². The van der Waals surface area contributed by atoms with Crippen LogP contribution in [0, 0.1) is 0 Å². The maximum Gasteiger partial charge on any atom is 0.514 e. The fourth-order valence-corrected chi connectivity index (χ4v) is 1.67. The Kier molecular flexibility index (Phi) is 3.34. The quantitative estimate of drug-likeness (QED) is 0.754. The Hall–Kier alpha value is -1.14. The van der Waals surface area contributed by atoms with Gasteiger partial charge in [-0.25, -0.2) is 9.97 Å². The van der Waals surface area contributed by atoms with Crippen molar-refractivity contribution < 1.29 is 14.0 Å². The summed E-state index contributed by atoms with van der Waals surface area (Å²) in [5.74, 6) is 0.539. The minimum atomic E-state index is -0.475. The highest BCUT2D eigenvalue weighted by molar-refractivity contribution is 6.61. The van der Waals surface area contributed by atoms with Gasteiger partial charge < -0.3 is 14.0 Å². The van der Waals surface area contributed by atoms with E-state index in [2.05, 4.69) is 9.97 Å². The molecular weight excluding hydrogens is 231 g/mol. The Morgan fingerprint density at radius 1 is 1.17 bits per heavy atom. The van der Waals surface area contributed by atoms with E-state index in [1.54, 1.807) is 6.07 Å². The lowest BCUT2D eigenvalue weighted by atomic mass is 9.84. The van der Waals surface area contributed by atoms with E-state index in [1.165, 1.54) is 6.33 Å². The van der Waals surface area contributed by atoms with Gasteiger partial charge in [0.1, 0.15) is 6.33 Å². The molecule has 0 aliphatic carbocycles. The molecule has 1 fully saturated rings. The van der Waals surface area contributed by atoms with E-state index in [4.69, 9.17) is 14.0 Å². The predicted molar refractivity (Wildman–Crippen MR) is 68.9 cm³/mol. The Morgan fingerprint density at radius 2 is 1.78 bits per heavy atom. The molecule has 0 saturated carbocycles. The van der Waals surface area contributed by atoms with Crippen LogP contribution in [-0.4, -0.2) is 34.9 Å². The van der Waals surface area contributed by atoms with E-state index in [0.717, 1.165) is 0 Å². The number of rotatable bonds is 3. The van der Waals surface area contributed by atoms with Crippen LogP contribution in [0.15, 0.2) is 12.4 Å². The first kappa shape index (κ1) is 13.3. The normalized spacial score (nSPS) is 21.1. The van der Waals surface area contributed by atoms with Gasteiger partial charge in [0.05, 0.1) is 23.4 Å². The number of nitrogens with zero attached hydrogens (tertiary/aromatic N) is 2. The Labute approximate surface area is 108 Å². The zero-order valence-corrected chi connectivity index (χ0v) is 11.6. The Balaban J connectivity index is 2.21. The van der Waals surface area contributed by atoms with Gasteiger partial charge in [0, 0.05) is 6.07 Å². The van der Waals surface area contributed by atoms with Gasteiger partial charge >= 0.3 is 7.12 Å². The van der Waals surface area contributed by atoms with Gasteiger partial charge in [-0.1, -0.05) is 0 Å². The molecule has 1 saturated heterocycles. The average molecular weight is 250 g/mol. The molecule has 1 aliphatic heterocycles. The molecule has 98 valence electrons. The third-order valence-corrected chi connectivity index (χ3v) is 3.45. The summed E-state index contributed by atoms with van der Waals surface area (Å²) in [4.78, 5) is 8.22. The lowest BCUT2D eigenvalue weighted by molar-refractivity contribution is 0.00578. The molecule has 1 aromatic rings. The molecule has 18 heavy (non-hydrogen) atoms. The minimum absolute atomic E-state index is 0.367. The molecular formula is C12H19BN2O3. The van der Waals surface area contributed by atoms with Crippen molar-refractivity contribution in [1.82, 2.24) is 9.97 Å². The first-order valence-corrected chi connectivity index (χ1v) is 6.16. The third kappa shape index (κ3) is 2.35. The molecule has 1 aliphatic rings. The SMILES string of the molecule is CCOc1cc(B2OC(C)(C)C(C)(C)O2)ncn1. The van der Waals surface area contributed by atoms with E-state index < -0.39 is 7.12 Å². The smallest absolute Gasteiger partial charge is 0.478 e. The highest BCUT2D eigenvalue weighted by atomic mass is 16.7. The molecule has 0 aromatic carbocycles. The van der Waals surface area contributed by atoms with Crippen LogP contribution in [0.2, 0.25) is 0 Å². The molecule has 6 heteroatoms. The first-order valence-electron chi connectivity index (χ1n) is 6.16. The lowest BCUT2D eigenvalue weighted by Crippen LogP contribution is -2.41. The summed E-state index contributed by atoms with van der Waals surface area (Å²) in [5, 5.41) is 0. The monoisotopic (exact) mass is 250 g/mol. The highest BCUT2D eigenvalue weighted by Crippen LogP contribution is 2.36. The van der Waals surface area contributed by atoms with E-state index in [9.17, 15) is 0 Å². The second kappa shape index (κ2) is 4.51. The summed E-state index contributed by atoms with van der Waals surface area (Å²) < 4.78 is 17.2. The summed E-state index contributed by atoms with van der Waals surface area (Å²) in [5.41, 5.74) is -0.0462. The second-order valence-electron chi connectivity index (χ2n) is 5.30. The van der Waals surface area contributed by atoms with Crippen LogP contribution in [0.4, 0.5) is 0 Å². The maximum atomic E-state index is 5.92. The number of aromatic nitrogens is 2. The summed E-state index contributed by atoms with van der Waals surface area (Å²) in [6.07, 6.45) is 1.46. The molecule has 0 radical (unpaired) electrons. The molecule has 0 atom stereocenters. The highest BCUT2D eigenvalue weighted by Gasteiger charge is 2.52. The molecule has 2 heterocycles. The fraction of sp³-hybridized carbons (Fsp3) is 0.667. The standard InChI is InChI=1S/C12H19BN2O3/c1-6-16-10-7-9(14-8-15-10)13-17-11(2,3)12(4,5)18-13/h7-8H,6H2,1-5H3. The molecule has 5 nitrogen and oxygen atoms in total. The van der Waals surface area contributed by atoms with Crippen LogP contribution in [0.1, 0.15) is 34.6 Å². The van der Waals surface area contributed by atoms with Gasteiger partial charge in [-0.05, 0) is 34.6 Å². The molecule has 0 spiro atoms. The van der Waals surface area contributed by atoms with E-state index in [1.807, 2.05) is 34.6 Å². The Bertz CT molecular complexity index is 421. The van der Waals surface area contributed by atoms with Crippen LogP contribution in [-0.2, 0) is 9.31 Å². The van der Waals surface area contributed by atoms with Gasteiger partial charge in [-0.15, -0.1) is 0 Å². The number of ether oxygens (including phenoxy) is 1. The minimum Gasteiger partial charge on any atom is -0.478 e. The number of hydrogen-bond acceptors (Lipinski definition) is 5. The van der Waals surface area contributed by atoms with Crippen LogP contribution < -0.4 is 10.3 Å². The zero-order valence-electron chi connectivity index (χ0n) is 11.6. The van der Waals surface area contributed by atoms with E-state index >= 15 is 0 Å². The topological polar surface area (TPSA) is 53.5 Å². The Morgan fingerprint density at radius 3 is 2.33 bits per heavy atom. The summed E-state index contributed by atoms with van der Waals surface area (Å²) >= 11 is 0. The summed E-state index contributed by atoms with van der Waals surface area (Å²) in [6, 6.07) is 1.76. The number of hydrogen-bond donors (Lipinski definition) is 0. The van der Waals surface area contributed by atoms with Crippen LogP contribution >= 0.6 is 0 Å². The van der Waals surface area contributed by atoms with Crippen molar-refractivity contribution in [1.29, 1.82) is 0 Å². The van der Waals surface area contributed by atoms with Crippen LogP contribution in [0.5, 0.6) is 5.88 Å². The van der Waals surface area contributed by atoms with E-state index in [0.29, 0.717) is 18.1 Å². The molecule has 2 rings (SSSR count). The van der Waals surface area contributed by atoms with Crippen molar-refractivity contribution in [3.8, 4) is 5.88 Å². The molecule has 0 amide bonds. The summed E-state index contributed by atoms with van der Waals surface area (Å²) in [7, 11) is -0.475.